The maximum Gasteiger partial charge on any atom is 0.303 e. The molecule has 0 aliphatic carbocycles. The number of hydrogen-bond donors (Lipinski definition) is 2. The highest BCUT2D eigenvalue weighted by molar-refractivity contribution is 5.96. The molecule has 152 valence electrons. The second-order valence-electron chi connectivity index (χ2n) is 7.31. The van der Waals surface area contributed by atoms with Gasteiger partial charge in [0, 0.05) is 24.7 Å². The van der Waals surface area contributed by atoms with Gasteiger partial charge in [-0.25, -0.2) is 0 Å². The maximum atomic E-state index is 13.1. The lowest BCUT2D eigenvalue weighted by molar-refractivity contribution is -0.152. The van der Waals surface area contributed by atoms with Crippen molar-refractivity contribution < 1.29 is 14.3 Å². The summed E-state index contributed by atoms with van der Waals surface area (Å²) in [5.41, 5.74) is 4.83. The Hall–Kier alpha value is -3.44. The Morgan fingerprint density at radius 2 is 1.60 bits per heavy atom. The van der Waals surface area contributed by atoms with Gasteiger partial charge in [-0.15, -0.1) is 0 Å². The number of fused-ring (bicyclic) bond motifs is 1. The lowest BCUT2D eigenvalue weighted by Gasteiger charge is -2.29. The number of para-hydroxylation sites is 1. The molecule has 5 nitrogen and oxygen atoms in total. The van der Waals surface area contributed by atoms with Crippen LogP contribution in [0.1, 0.15) is 41.3 Å². The Bertz CT molecular complexity index is 1050. The van der Waals surface area contributed by atoms with Gasteiger partial charge in [-0.2, -0.15) is 0 Å². The van der Waals surface area contributed by atoms with Gasteiger partial charge in [-0.3, -0.25) is 9.59 Å². The summed E-state index contributed by atoms with van der Waals surface area (Å²) in [5, 5.41) is 6.55. The summed E-state index contributed by atoms with van der Waals surface area (Å²) >= 11 is 0. The molecule has 0 radical (unpaired) electrons. The van der Waals surface area contributed by atoms with Crippen LogP contribution in [-0.2, 0) is 20.7 Å². The quantitative estimate of drug-likeness (QED) is 0.631. The first-order valence-electron chi connectivity index (χ1n) is 10.1. The predicted molar refractivity (Wildman–Crippen MR) is 116 cm³/mol. The molecule has 5 heteroatoms. The van der Waals surface area contributed by atoms with Crippen LogP contribution in [0.5, 0.6) is 0 Å². The largest absolute Gasteiger partial charge is 0.447 e. The number of esters is 1. The number of ether oxygens (including phenoxy) is 1. The third-order valence-corrected chi connectivity index (χ3v) is 5.26. The van der Waals surface area contributed by atoms with Crippen molar-refractivity contribution in [3.05, 3.63) is 101 Å². The number of rotatable bonds is 5. The average molecular weight is 400 g/mol. The van der Waals surface area contributed by atoms with Crippen molar-refractivity contribution in [2.24, 2.45) is 0 Å². The fourth-order valence-electron chi connectivity index (χ4n) is 3.91. The van der Waals surface area contributed by atoms with E-state index < -0.39 is 12.1 Å². The number of carbonyl (C=O) groups is 2. The van der Waals surface area contributed by atoms with E-state index in [4.69, 9.17) is 4.74 Å². The minimum absolute atomic E-state index is 0.0182. The van der Waals surface area contributed by atoms with Gasteiger partial charge in [-0.1, -0.05) is 72.8 Å². The fraction of sp³-hybridized carbons (Fsp3) is 0.200. The molecule has 0 saturated carbocycles. The summed E-state index contributed by atoms with van der Waals surface area (Å²) in [6, 6.07) is 25.1. The van der Waals surface area contributed by atoms with E-state index in [1.54, 1.807) is 12.1 Å². The zero-order valence-electron chi connectivity index (χ0n) is 16.8. The summed E-state index contributed by atoms with van der Waals surface area (Å²) in [4.78, 5) is 24.7. The van der Waals surface area contributed by atoms with E-state index in [-0.39, 0.29) is 11.9 Å². The zero-order valence-corrected chi connectivity index (χ0v) is 16.8. The minimum Gasteiger partial charge on any atom is -0.447 e. The molecule has 1 aliphatic rings. The maximum absolute atomic E-state index is 13.1. The van der Waals surface area contributed by atoms with Gasteiger partial charge in [0.2, 0.25) is 6.10 Å². The first-order chi connectivity index (χ1) is 14.6. The molecule has 0 unspecified atom stereocenters. The third-order valence-electron chi connectivity index (χ3n) is 5.26. The van der Waals surface area contributed by atoms with Crippen LogP contribution in [0.25, 0.3) is 0 Å². The van der Waals surface area contributed by atoms with Gasteiger partial charge >= 0.3 is 5.97 Å². The first kappa shape index (κ1) is 19.9. The molecule has 0 saturated heterocycles. The topological polar surface area (TPSA) is 67.4 Å². The molecule has 0 bridgehead atoms. The number of nitrogens with one attached hydrogen (secondary N) is 2. The van der Waals surface area contributed by atoms with E-state index in [0.29, 0.717) is 11.3 Å². The highest BCUT2D eigenvalue weighted by Crippen LogP contribution is 2.33. The van der Waals surface area contributed by atoms with Crippen LogP contribution < -0.4 is 10.6 Å². The van der Waals surface area contributed by atoms with Gasteiger partial charge in [0.05, 0.1) is 6.04 Å². The van der Waals surface area contributed by atoms with Crippen LogP contribution in [0.3, 0.4) is 0 Å². The second-order valence-corrected chi connectivity index (χ2v) is 7.31. The highest BCUT2D eigenvalue weighted by Gasteiger charge is 2.27. The number of benzene rings is 3. The molecular formula is C25H24N2O3. The van der Waals surface area contributed by atoms with E-state index in [2.05, 4.69) is 28.8 Å². The van der Waals surface area contributed by atoms with Gasteiger partial charge in [0.15, 0.2) is 0 Å². The summed E-state index contributed by atoms with van der Waals surface area (Å²) in [6.45, 7) is 2.17. The smallest absolute Gasteiger partial charge is 0.303 e. The van der Waals surface area contributed by atoms with Crippen LogP contribution in [0.4, 0.5) is 5.69 Å². The SMILES string of the molecule is CC(=O)O[C@@H](C(=O)Nc1ccccc1[C@@H]1NCCc2ccccc21)c1ccccc1. The number of hydrogen-bond acceptors (Lipinski definition) is 4. The molecule has 0 fully saturated rings. The average Bonchev–Trinajstić information content (AvgIpc) is 2.78. The number of amides is 1. The van der Waals surface area contributed by atoms with Crippen LogP contribution in [-0.4, -0.2) is 18.4 Å². The molecule has 2 N–H and O–H groups in total. The van der Waals surface area contributed by atoms with Crippen LogP contribution in [0.15, 0.2) is 78.9 Å². The molecule has 0 spiro atoms. The summed E-state index contributed by atoms with van der Waals surface area (Å²) in [7, 11) is 0. The minimum atomic E-state index is -1.01. The molecule has 1 heterocycles. The van der Waals surface area contributed by atoms with Crippen molar-refractivity contribution in [2.45, 2.75) is 25.5 Å². The van der Waals surface area contributed by atoms with Gasteiger partial charge in [0.1, 0.15) is 0 Å². The van der Waals surface area contributed by atoms with Crippen molar-refractivity contribution in [1.29, 1.82) is 0 Å². The third kappa shape index (κ3) is 4.26. The monoisotopic (exact) mass is 400 g/mol. The molecule has 4 rings (SSSR count). The lowest BCUT2D eigenvalue weighted by atomic mass is 9.89. The van der Waals surface area contributed by atoms with E-state index in [1.807, 2.05) is 48.5 Å². The summed E-state index contributed by atoms with van der Waals surface area (Å²) in [6.07, 6.45) is -0.0349. The van der Waals surface area contributed by atoms with E-state index >= 15 is 0 Å². The fourth-order valence-corrected chi connectivity index (χ4v) is 3.91. The molecule has 1 aliphatic heterocycles. The molecule has 3 aromatic carbocycles. The molecule has 2 atom stereocenters. The lowest BCUT2D eigenvalue weighted by Crippen LogP contribution is -2.32. The van der Waals surface area contributed by atoms with E-state index in [9.17, 15) is 9.59 Å². The Balaban J connectivity index is 1.65. The number of anilines is 1. The van der Waals surface area contributed by atoms with Crippen molar-refractivity contribution in [3.8, 4) is 0 Å². The van der Waals surface area contributed by atoms with Gasteiger partial charge in [0.25, 0.3) is 5.91 Å². The van der Waals surface area contributed by atoms with Crippen molar-refractivity contribution >= 4 is 17.6 Å². The van der Waals surface area contributed by atoms with Crippen LogP contribution >= 0.6 is 0 Å². The van der Waals surface area contributed by atoms with E-state index in [1.165, 1.54) is 18.1 Å². The van der Waals surface area contributed by atoms with Crippen LogP contribution in [0.2, 0.25) is 0 Å². The molecular weight excluding hydrogens is 376 g/mol. The normalized spacial score (nSPS) is 16.2. The highest BCUT2D eigenvalue weighted by atomic mass is 16.5. The van der Waals surface area contributed by atoms with Crippen molar-refractivity contribution in [2.75, 3.05) is 11.9 Å². The summed E-state index contributed by atoms with van der Waals surface area (Å²) in [5.74, 6) is -0.886. The molecule has 1 amide bonds. The Labute approximate surface area is 176 Å². The predicted octanol–water partition coefficient (Wildman–Crippen LogP) is 4.16. The molecule has 3 aromatic rings. The molecule has 30 heavy (non-hydrogen) atoms. The van der Waals surface area contributed by atoms with Crippen molar-refractivity contribution in [3.63, 3.8) is 0 Å². The van der Waals surface area contributed by atoms with Gasteiger partial charge < -0.3 is 15.4 Å². The standard InChI is InChI=1S/C25H24N2O3/c1-17(28)30-24(19-10-3-2-4-11-19)25(29)27-22-14-8-7-13-21(22)23-20-12-6-5-9-18(20)15-16-26-23/h2-14,23-24,26H,15-16H2,1H3,(H,27,29)/t23-,24-/m1/s1. The summed E-state index contributed by atoms with van der Waals surface area (Å²) < 4.78 is 5.35. The van der Waals surface area contributed by atoms with Gasteiger partial charge in [-0.05, 0) is 29.2 Å². The molecule has 0 aromatic heterocycles. The Morgan fingerprint density at radius 1 is 0.933 bits per heavy atom. The van der Waals surface area contributed by atoms with Crippen molar-refractivity contribution in [1.82, 2.24) is 5.32 Å². The zero-order chi connectivity index (χ0) is 20.9. The second kappa shape index (κ2) is 8.93. The first-order valence-corrected chi connectivity index (χ1v) is 10.1. The Kier molecular flexibility index (Phi) is 5.91. The van der Waals surface area contributed by atoms with E-state index in [0.717, 1.165) is 18.5 Å². The Morgan fingerprint density at radius 3 is 2.37 bits per heavy atom. The van der Waals surface area contributed by atoms with Crippen LogP contribution in [0, 0.1) is 0 Å². The number of carbonyl (C=O) groups excluding carboxylic acids is 2.